The number of rotatable bonds is 4. The molecule has 0 aliphatic carbocycles. The fraction of sp³-hybridized carbons (Fsp3) is 0.308. The van der Waals surface area contributed by atoms with E-state index in [-0.39, 0.29) is 17.4 Å². The van der Waals surface area contributed by atoms with Gasteiger partial charge in [0.1, 0.15) is 23.5 Å². The van der Waals surface area contributed by atoms with Crippen LogP contribution in [0.3, 0.4) is 0 Å². The first-order valence-electron chi connectivity index (χ1n) is 5.84. The molecule has 100 valence electrons. The largest absolute Gasteiger partial charge is 0.469 e. The van der Waals surface area contributed by atoms with Crippen molar-refractivity contribution in [2.45, 2.75) is 6.92 Å². The molecular formula is C13H14FN3O2. The normalized spacial score (nSPS) is 12.2. The van der Waals surface area contributed by atoms with Gasteiger partial charge in [0.05, 0.1) is 13.0 Å². The second-order valence-electron chi connectivity index (χ2n) is 4.16. The van der Waals surface area contributed by atoms with Gasteiger partial charge in [-0.25, -0.2) is 14.4 Å². The molecule has 0 spiro atoms. The zero-order chi connectivity index (χ0) is 13.8. The molecule has 1 atom stereocenters. The second kappa shape index (κ2) is 5.60. The molecular weight excluding hydrogens is 249 g/mol. The predicted octanol–water partition coefficient (Wildman–Crippen LogP) is 1.99. The summed E-state index contributed by atoms with van der Waals surface area (Å²) in [6.45, 7) is 2.10. The van der Waals surface area contributed by atoms with Crippen LogP contribution in [0, 0.1) is 11.7 Å². The summed E-state index contributed by atoms with van der Waals surface area (Å²) in [6.07, 6.45) is 1.29. The van der Waals surface area contributed by atoms with Crippen LogP contribution in [0.25, 0.3) is 10.9 Å². The van der Waals surface area contributed by atoms with E-state index >= 15 is 0 Å². The van der Waals surface area contributed by atoms with Crippen LogP contribution in [0.5, 0.6) is 0 Å². The van der Waals surface area contributed by atoms with Gasteiger partial charge in [-0.2, -0.15) is 0 Å². The lowest BCUT2D eigenvalue weighted by molar-refractivity contribution is -0.144. The molecule has 2 rings (SSSR count). The maximum absolute atomic E-state index is 13.6. The van der Waals surface area contributed by atoms with Gasteiger partial charge in [0.2, 0.25) is 0 Å². The van der Waals surface area contributed by atoms with Crippen LogP contribution >= 0.6 is 0 Å². The van der Waals surface area contributed by atoms with Crippen molar-refractivity contribution in [2.24, 2.45) is 5.92 Å². The molecule has 0 bridgehead atoms. The van der Waals surface area contributed by atoms with E-state index in [9.17, 15) is 9.18 Å². The molecule has 0 amide bonds. The number of para-hydroxylation sites is 1. The van der Waals surface area contributed by atoms with Crippen molar-refractivity contribution in [1.82, 2.24) is 9.97 Å². The number of benzene rings is 1. The minimum atomic E-state index is -0.399. The van der Waals surface area contributed by atoms with Gasteiger partial charge in [0.25, 0.3) is 0 Å². The lowest BCUT2D eigenvalue weighted by Crippen LogP contribution is -2.21. The maximum Gasteiger partial charge on any atom is 0.310 e. The molecule has 0 aliphatic rings. The molecule has 19 heavy (non-hydrogen) atoms. The van der Waals surface area contributed by atoms with Gasteiger partial charge in [0.15, 0.2) is 0 Å². The van der Waals surface area contributed by atoms with Crippen LogP contribution in [0.2, 0.25) is 0 Å². The fourth-order valence-electron chi connectivity index (χ4n) is 1.73. The fourth-order valence-corrected chi connectivity index (χ4v) is 1.73. The Kier molecular flexibility index (Phi) is 3.89. The molecule has 1 aromatic carbocycles. The summed E-state index contributed by atoms with van der Waals surface area (Å²) in [5.41, 5.74) is 0.255. The van der Waals surface area contributed by atoms with Crippen molar-refractivity contribution < 1.29 is 13.9 Å². The van der Waals surface area contributed by atoms with Gasteiger partial charge in [-0.1, -0.05) is 13.0 Å². The van der Waals surface area contributed by atoms with Gasteiger partial charge in [-0.3, -0.25) is 4.79 Å². The lowest BCUT2D eigenvalue weighted by atomic mass is 10.2. The number of aromatic nitrogens is 2. The van der Waals surface area contributed by atoms with Crippen molar-refractivity contribution in [3.8, 4) is 0 Å². The van der Waals surface area contributed by atoms with E-state index in [1.165, 1.54) is 19.5 Å². The van der Waals surface area contributed by atoms with E-state index in [4.69, 9.17) is 0 Å². The molecule has 2 aromatic rings. The highest BCUT2D eigenvalue weighted by molar-refractivity contribution is 5.89. The average Bonchev–Trinajstić information content (AvgIpc) is 2.44. The minimum absolute atomic E-state index is 0.255. The number of methoxy groups -OCH3 is 1. The first-order chi connectivity index (χ1) is 9.13. The number of fused-ring (bicyclic) bond motifs is 1. The van der Waals surface area contributed by atoms with E-state index in [1.54, 1.807) is 19.1 Å². The van der Waals surface area contributed by atoms with Crippen molar-refractivity contribution in [3.63, 3.8) is 0 Å². The minimum Gasteiger partial charge on any atom is -0.469 e. The number of carbonyl (C=O) groups is 1. The molecule has 0 saturated carbocycles. The van der Waals surface area contributed by atoms with Gasteiger partial charge in [0, 0.05) is 11.9 Å². The number of nitrogens with one attached hydrogen (secondary N) is 1. The molecule has 0 fully saturated rings. The molecule has 0 saturated heterocycles. The quantitative estimate of drug-likeness (QED) is 0.855. The number of hydrogen-bond donors (Lipinski definition) is 1. The van der Waals surface area contributed by atoms with Crippen molar-refractivity contribution in [2.75, 3.05) is 19.0 Å². The van der Waals surface area contributed by atoms with E-state index in [1.807, 2.05) is 0 Å². The predicted molar refractivity (Wildman–Crippen MR) is 69.2 cm³/mol. The second-order valence-corrected chi connectivity index (χ2v) is 4.16. The Morgan fingerprint density at radius 1 is 1.47 bits per heavy atom. The first-order valence-corrected chi connectivity index (χ1v) is 5.84. The highest BCUT2D eigenvalue weighted by Crippen LogP contribution is 2.21. The number of nitrogens with zero attached hydrogens (tertiary/aromatic N) is 2. The van der Waals surface area contributed by atoms with Crippen LogP contribution in [-0.4, -0.2) is 29.6 Å². The highest BCUT2D eigenvalue weighted by atomic mass is 19.1. The summed E-state index contributed by atoms with van der Waals surface area (Å²) in [7, 11) is 1.34. The van der Waals surface area contributed by atoms with Crippen LogP contribution in [0.4, 0.5) is 10.2 Å². The van der Waals surface area contributed by atoms with Crippen LogP contribution in [0.15, 0.2) is 24.5 Å². The van der Waals surface area contributed by atoms with Gasteiger partial charge >= 0.3 is 5.97 Å². The number of hydrogen-bond acceptors (Lipinski definition) is 5. The monoisotopic (exact) mass is 263 g/mol. The number of anilines is 1. The van der Waals surface area contributed by atoms with E-state index in [2.05, 4.69) is 20.0 Å². The molecule has 1 N–H and O–H groups in total. The summed E-state index contributed by atoms with van der Waals surface area (Å²) >= 11 is 0. The lowest BCUT2D eigenvalue weighted by Gasteiger charge is -2.12. The van der Waals surface area contributed by atoms with Crippen molar-refractivity contribution in [3.05, 3.63) is 30.3 Å². The van der Waals surface area contributed by atoms with Crippen LogP contribution in [0.1, 0.15) is 6.92 Å². The summed E-state index contributed by atoms with van der Waals surface area (Å²) in [4.78, 5) is 19.3. The van der Waals surface area contributed by atoms with Crippen LogP contribution in [-0.2, 0) is 9.53 Å². The maximum atomic E-state index is 13.6. The highest BCUT2D eigenvalue weighted by Gasteiger charge is 2.14. The number of halogens is 1. The van der Waals surface area contributed by atoms with E-state index < -0.39 is 5.82 Å². The zero-order valence-electron chi connectivity index (χ0n) is 10.7. The molecule has 5 nitrogen and oxygen atoms in total. The van der Waals surface area contributed by atoms with E-state index in [0.717, 1.165) is 0 Å². The summed E-state index contributed by atoms with van der Waals surface area (Å²) in [6, 6.07) is 4.66. The van der Waals surface area contributed by atoms with E-state index in [0.29, 0.717) is 17.7 Å². The summed E-state index contributed by atoms with van der Waals surface area (Å²) in [5, 5.41) is 3.59. The third kappa shape index (κ3) is 2.78. The Morgan fingerprint density at radius 2 is 2.26 bits per heavy atom. The molecule has 1 unspecified atom stereocenters. The zero-order valence-corrected chi connectivity index (χ0v) is 10.7. The SMILES string of the molecule is COC(=O)C(C)CNc1ncnc2c(F)cccc12. The third-order valence-electron chi connectivity index (χ3n) is 2.79. The Hall–Kier alpha value is -2.24. The summed E-state index contributed by atoms with van der Waals surface area (Å²) < 4.78 is 18.2. The molecule has 6 heteroatoms. The molecule has 1 aromatic heterocycles. The Morgan fingerprint density at radius 3 is 3.00 bits per heavy atom. The number of esters is 1. The molecule has 0 radical (unpaired) electrons. The number of ether oxygens (including phenoxy) is 1. The van der Waals surface area contributed by atoms with Gasteiger partial charge < -0.3 is 10.1 Å². The Balaban J connectivity index is 2.22. The Labute approximate surface area is 109 Å². The first kappa shape index (κ1) is 13.2. The topological polar surface area (TPSA) is 64.1 Å². The van der Waals surface area contributed by atoms with Gasteiger partial charge in [-0.15, -0.1) is 0 Å². The molecule has 1 heterocycles. The van der Waals surface area contributed by atoms with Crippen molar-refractivity contribution in [1.29, 1.82) is 0 Å². The van der Waals surface area contributed by atoms with Crippen LogP contribution < -0.4 is 5.32 Å². The van der Waals surface area contributed by atoms with Crippen molar-refractivity contribution >= 4 is 22.7 Å². The van der Waals surface area contributed by atoms with Gasteiger partial charge in [-0.05, 0) is 12.1 Å². The number of carbonyl (C=O) groups excluding carboxylic acids is 1. The molecule has 0 aliphatic heterocycles. The third-order valence-corrected chi connectivity index (χ3v) is 2.79. The Bertz CT molecular complexity index is 603. The smallest absolute Gasteiger partial charge is 0.310 e. The average molecular weight is 263 g/mol. The summed E-state index contributed by atoms with van der Waals surface area (Å²) in [5.74, 6) is -0.523. The standard InChI is InChI=1S/C13H14FN3O2/c1-8(13(18)19-2)6-15-12-9-4-3-5-10(14)11(9)16-7-17-12/h3-5,7-8H,6H2,1-2H3,(H,15,16,17).